The maximum absolute atomic E-state index is 13.2. The summed E-state index contributed by atoms with van der Waals surface area (Å²) in [6.45, 7) is 2.44. The van der Waals surface area contributed by atoms with Gasteiger partial charge in [0, 0.05) is 17.2 Å². The molecule has 0 aliphatic carbocycles. The Morgan fingerprint density at radius 2 is 1.68 bits per heavy atom. The maximum atomic E-state index is 13.2. The lowest BCUT2D eigenvalue weighted by Crippen LogP contribution is -2.59. The van der Waals surface area contributed by atoms with Crippen molar-refractivity contribution in [2.75, 3.05) is 16.8 Å². The van der Waals surface area contributed by atoms with Gasteiger partial charge in [-0.1, -0.05) is 41.9 Å². The molecule has 0 bridgehead atoms. The van der Waals surface area contributed by atoms with E-state index in [9.17, 15) is 29.3 Å². The molecule has 0 aromatic heterocycles. The number of nitrogens with one attached hydrogen (secondary N) is 1. The topological polar surface area (TPSA) is 136 Å². The molecular weight excluding hydrogens is 502 g/mol. The molecule has 11 heteroatoms. The molecule has 188 valence electrons. The number of nitrogens with zero attached hydrogens (tertiary/aromatic N) is 2. The molecule has 0 unspecified atom stereocenters. The Bertz CT molecular complexity index is 1470. The zero-order valence-corrected chi connectivity index (χ0v) is 20.4. The largest absolute Gasteiger partial charge is 0.452 e. The standard InChI is InChI=1S/C26H20ClN3O7/c1-26(2)25(34)28-19-9-5-6-10-20(19)29(26)22(31)14-37-24(33)17-8-4-3-7-16(17)23(32)15-11-12-18(27)21(13-15)30(35)36/h3-13H,14H2,1-2H3,(H,28,34). The Morgan fingerprint density at radius 1 is 1.03 bits per heavy atom. The smallest absolute Gasteiger partial charge is 0.339 e. The van der Waals surface area contributed by atoms with Gasteiger partial charge in [0.25, 0.3) is 11.6 Å². The summed E-state index contributed by atoms with van der Waals surface area (Å²) in [5, 5.41) is 13.8. The molecule has 2 amide bonds. The number of ether oxygens (including phenoxy) is 1. The number of nitro benzene ring substituents is 1. The van der Waals surface area contributed by atoms with Crippen LogP contribution in [0.1, 0.15) is 40.1 Å². The maximum Gasteiger partial charge on any atom is 0.339 e. The lowest BCUT2D eigenvalue weighted by molar-refractivity contribution is -0.384. The van der Waals surface area contributed by atoms with Crippen LogP contribution in [0.4, 0.5) is 17.1 Å². The van der Waals surface area contributed by atoms with Crippen LogP contribution in [0.25, 0.3) is 0 Å². The molecule has 1 N–H and O–H groups in total. The zero-order valence-electron chi connectivity index (χ0n) is 19.7. The van der Waals surface area contributed by atoms with Crippen molar-refractivity contribution in [2.24, 2.45) is 0 Å². The Morgan fingerprint density at radius 3 is 2.38 bits per heavy atom. The van der Waals surface area contributed by atoms with Crippen LogP contribution < -0.4 is 10.2 Å². The number of carbonyl (C=O) groups excluding carboxylic acids is 4. The van der Waals surface area contributed by atoms with E-state index < -0.39 is 46.3 Å². The molecule has 0 atom stereocenters. The average Bonchev–Trinajstić information content (AvgIpc) is 2.87. The molecule has 10 nitrogen and oxygen atoms in total. The van der Waals surface area contributed by atoms with Crippen molar-refractivity contribution < 1.29 is 28.8 Å². The van der Waals surface area contributed by atoms with Gasteiger partial charge in [-0.3, -0.25) is 29.4 Å². The van der Waals surface area contributed by atoms with Crippen LogP contribution in [0.2, 0.25) is 5.02 Å². The molecule has 0 saturated carbocycles. The van der Waals surface area contributed by atoms with Gasteiger partial charge in [-0.2, -0.15) is 0 Å². The van der Waals surface area contributed by atoms with E-state index in [1.807, 2.05) is 0 Å². The van der Waals surface area contributed by atoms with E-state index in [4.69, 9.17) is 16.3 Å². The van der Waals surface area contributed by atoms with Crippen molar-refractivity contribution >= 4 is 52.2 Å². The Balaban J connectivity index is 1.57. The molecule has 1 aliphatic heterocycles. The third kappa shape index (κ3) is 4.78. The summed E-state index contributed by atoms with van der Waals surface area (Å²) in [4.78, 5) is 63.5. The zero-order chi connectivity index (χ0) is 26.9. The number of para-hydroxylation sites is 2. The summed E-state index contributed by atoms with van der Waals surface area (Å²) in [5.41, 5.74) is -1.06. The summed E-state index contributed by atoms with van der Waals surface area (Å²) in [7, 11) is 0. The predicted molar refractivity (Wildman–Crippen MR) is 135 cm³/mol. The number of nitro groups is 1. The molecule has 0 spiro atoms. The average molecular weight is 522 g/mol. The van der Waals surface area contributed by atoms with Crippen LogP contribution >= 0.6 is 11.6 Å². The van der Waals surface area contributed by atoms with Crippen LogP contribution in [0, 0.1) is 10.1 Å². The highest BCUT2D eigenvalue weighted by atomic mass is 35.5. The quantitative estimate of drug-likeness (QED) is 0.220. The second-order valence-electron chi connectivity index (χ2n) is 8.63. The number of ketones is 1. The van der Waals surface area contributed by atoms with Crippen molar-refractivity contribution in [3.8, 4) is 0 Å². The van der Waals surface area contributed by atoms with Crippen molar-refractivity contribution in [2.45, 2.75) is 19.4 Å². The number of halogens is 1. The fourth-order valence-electron chi connectivity index (χ4n) is 3.98. The molecule has 0 fully saturated rings. The number of hydrogen-bond donors (Lipinski definition) is 1. The van der Waals surface area contributed by atoms with Crippen LogP contribution in [0.3, 0.4) is 0 Å². The van der Waals surface area contributed by atoms with Gasteiger partial charge >= 0.3 is 5.97 Å². The van der Waals surface area contributed by atoms with Crippen LogP contribution in [0.15, 0.2) is 66.7 Å². The first-order valence-corrected chi connectivity index (χ1v) is 11.4. The van der Waals surface area contributed by atoms with Crippen molar-refractivity contribution in [3.63, 3.8) is 0 Å². The van der Waals surface area contributed by atoms with Gasteiger partial charge in [0.05, 0.1) is 21.9 Å². The molecule has 1 aliphatic rings. The number of carbonyl (C=O) groups is 4. The minimum Gasteiger partial charge on any atom is -0.452 e. The van der Waals surface area contributed by atoms with Gasteiger partial charge in [0.2, 0.25) is 5.91 Å². The van der Waals surface area contributed by atoms with E-state index in [1.54, 1.807) is 38.1 Å². The van der Waals surface area contributed by atoms with E-state index in [0.717, 1.165) is 6.07 Å². The molecule has 37 heavy (non-hydrogen) atoms. The number of amides is 2. The normalized spacial score (nSPS) is 13.8. The molecule has 4 rings (SSSR count). The number of anilines is 2. The summed E-state index contributed by atoms with van der Waals surface area (Å²) in [6.07, 6.45) is 0. The van der Waals surface area contributed by atoms with Gasteiger partial charge in [0.15, 0.2) is 12.4 Å². The number of esters is 1. The predicted octanol–water partition coefficient (Wildman–Crippen LogP) is 4.40. The minimum atomic E-state index is -1.25. The minimum absolute atomic E-state index is 0.0508. The van der Waals surface area contributed by atoms with Gasteiger partial charge < -0.3 is 10.1 Å². The molecular formula is C26H20ClN3O7. The summed E-state index contributed by atoms with van der Waals surface area (Å²) < 4.78 is 5.25. The van der Waals surface area contributed by atoms with E-state index in [0.29, 0.717) is 11.4 Å². The number of fused-ring (bicyclic) bond motifs is 1. The lowest BCUT2D eigenvalue weighted by atomic mass is 9.96. The Kier molecular flexibility index (Phi) is 6.78. The highest BCUT2D eigenvalue weighted by Crippen LogP contribution is 2.36. The first kappa shape index (κ1) is 25.5. The molecule has 0 saturated heterocycles. The molecule has 3 aromatic rings. The third-order valence-corrected chi connectivity index (χ3v) is 6.20. The second kappa shape index (κ2) is 9.82. The molecule has 3 aromatic carbocycles. The second-order valence-corrected chi connectivity index (χ2v) is 9.04. The van der Waals surface area contributed by atoms with Gasteiger partial charge in [0.1, 0.15) is 10.6 Å². The van der Waals surface area contributed by atoms with Crippen LogP contribution in [-0.4, -0.2) is 40.6 Å². The molecule has 0 radical (unpaired) electrons. The SMILES string of the molecule is CC1(C)C(=O)Nc2ccccc2N1C(=O)COC(=O)c1ccccc1C(=O)c1ccc(Cl)c([N+](=O)[O-])c1. The first-order valence-electron chi connectivity index (χ1n) is 11.0. The number of rotatable bonds is 6. The van der Waals surface area contributed by atoms with Gasteiger partial charge in [-0.25, -0.2) is 4.79 Å². The van der Waals surface area contributed by atoms with E-state index in [2.05, 4.69) is 5.32 Å². The van der Waals surface area contributed by atoms with Crippen LogP contribution in [0.5, 0.6) is 0 Å². The summed E-state index contributed by atoms with van der Waals surface area (Å²) >= 11 is 5.83. The first-order chi connectivity index (χ1) is 17.5. The lowest BCUT2D eigenvalue weighted by Gasteiger charge is -2.41. The number of benzene rings is 3. The summed E-state index contributed by atoms with van der Waals surface area (Å²) in [5.74, 6) is -2.66. The Labute approximate surface area is 215 Å². The van der Waals surface area contributed by atoms with Gasteiger partial charge in [-0.15, -0.1) is 0 Å². The van der Waals surface area contributed by atoms with Gasteiger partial charge in [-0.05, 0) is 44.2 Å². The summed E-state index contributed by atoms with van der Waals surface area (Å²) in [6, 6.07) is 16.0. The van der Waals surface area contributed by atoms with Crippen molar-refractivity contribution in [1.82, 2.24) is 0 Å². The van der Waals surface area contributed by atoms with E-state index in [-0.39, 0.29) is 21.7 Å². The fraction of sp³-hybridized carbons (Fsp3) is 0.154. The van der Waals surface area contributed by atoms with Crippen molar-refractivity contribution in [1.29, 1.82) is 0 Å². The third-order valence-electron chi connectivity index (χ3n) is 5.88. The van der Waals surface area contributed by atoms with Crippen molar-refractivity contribution in [3.05, 3.63) is 98.6 Å². The fourth-order valence-corrected chi connectivity index (χ4v) is 4.16. The Hall–Kier alpha value is -4.57. The monoisotopic (exact) mass is 521 g/mol. The highest BCUT2D eigenvalue weighted by molar-refractivity contribution is 6.33. The number of hydrogen-bond acceptors (Lipinski definition) is 7. The van der Waals surface area contributed by atoms with E-state index >= 15 is 0 Å². The van der Waals surface area contributed by atoms with Crippen LogP contribution in [-0.2, 0) is 14.3 Å². The van der Waals surface area contributed by atoms with E-state index in [1.165, 1.54) is 41.3 Å². The molecule has 1 heterocycles. The highest BCUT2D eigenvalue weighted by Gasteiger charge is 2.43.